The first-order chi connectivity index (χ1) is 13.7. The van der Waals surface area contributed by atoms with Gasteiger partial charge in [-0.15, -0.1) is 0 Å². The van der Waals surface area contributed by atoms with Gasteiger partial charge in [-0.05, 0) is 31.4 Å². The molecule has 158 valence electrons. The summed E-state index contributed by atoms with van der Waals surface area (Å²) in [7, 11) is -3.84. The third kappa shape index (κ3) is 4.85. The van der Waals surface area contributed by atoms with E-state index >= 15 is 0 Å². The minimum Gasteiger partial charge on any atom is -0.408 e. The van der Waals surface area contributed by atoms with E-state index in [1.165, 1.54) is 17.0 Å². The zero-order valence-corrected chi connectivity index (χ0v) is 16.9. The number of aliphatic hydroxyl groups excluding tert-OH is 1. The molecule has 2 saturated heterocycles. The predicted molar refractivity (Wildman–Crippen MR) is 103 cm³/mol. The van der Waals surface area contributed by atoms with E-state index < -0.39 is 33.8 Å². The molecule has 1 N–H and O–H groups in total. The van der Waals surface area contributed by atoms with Gasteiger partial charge in [-0.25, -0.2) is 13.3 Å². The Hall–Kier alpha value is -2.23. The molecule has 1 spiro atoms. The minimum absolute atomic E-state index is 0.0968. The highest BCUT2D eigenvalue weighted by Gasteiger charge is 2.50. The molecular weight excluding hydrogens is 398 g/mol. The van der Waals surface area contributed by atoms with Gasteiger partial charge in [0.25, 0.3) is 0 Å². The summed E-state index contributed by atoms with van der Waals surface area (Å²) in [6, 6.07) is 7.87. The van der Waals surface area contributed by atoms with Crippen molar-refractivity contribution in [2.75, 3.05) is 13.1 Å². The lowest BCUT2D eigenvalue weighted by Crippen LogP contribution is -2.60. The van der Waals surface area contributed by atoms with Crippen molar-refractivity contribution >= 4 is 21.8 Å². The molecule has 0 bridgehead atoms. The first-order valence-corrected chi connectivity index (χ1v) is 11.1. The Morgan fingerprint density at radius 3 is 2.31 bits per heavy atom. The van der Waals surface area contributed by atoms with E-state index in [0.717, 1.165) is 0 Å². The number of ether oxygens (including phenoxy) is 2. The summed E-state index contributed by atoms with van der Waals surface area (Å²) in [6.45, 7) is 3.69. The van der Waals surface area contributed by atoms with Gasteiger partial charge < -0.3 is 14.6 Å². The van der Waals surface area contributed by atoms with Crippen molar-refractivity contribution in [3.8, 4) is 0 Å². The van der Waals surface area contributed by atoms with Crippen molar-refractivity contribution in [1.82, 2.24) is 4.90 Å². The lowest BCUT2D eigenvalue weighted by atomic mass is 10.0. The van der Waals surface area contributed by atoms with Gasteiger partial charge in [-0.1, -0.05) is 24.8 Å². The first-order valence-electron chi connectivity index (χ1n) is 9.58. The van der Waals surface area contributed by atoms with Crippen molar-refractivity contribution in [1.29, 1.82) is 0 Å². The van der Waals surface area contributed by atoms with Crippen LogP contribution in [0, 0.1) is 0 Å². The van der Waals surface area contributed by atoms with E-state index in [1.54, 1.807) is 18.2 Å². The van der Waals surface area contributed by atoms with Gasteiger partial charge in [-0.2, -0.15) is 0 Å². The monoisotopic (exact) mass is 423 g/mol. The van der Waals surface area contributed by atoms with Crippen molar-refractivity contribution in [2.45, 2.75) is 55.4 Å². The summed E-state index contributed by atoms with van der Waals surface area (Å²) in [4.78, 5) is 26.0. The van der Waals surface area contributed by atoms with Crippen LogP contribution in [0.15, 0.2) is 46.7 Å². The quantitative estimate of drug-likeness (QED) is 0.730. The van der Waals surface area contributed by atoms with Crippen LogP contribution in [0.2, 0.25) is 0 Å². The Kier molecular flexibility index (Phi) is 6.40. The third-order valence-corrected chi connectivity index (χ3v) is 6.85. The van der Waals surface area contributed by atoms with Crippen molar-refractivity contribution < 1.29 is 32.6 Å². The second-order valence-electron chi connectivity index (χ2n) is 7.29. The average molecular weight is 423 g/mol. The van der Waals surface area contributed by atoms with Crippen LogP contribution >= 0.6 is 0 Å². The molecule has 1 aromatic rings. The molecule has 1 aromatic carbocycles. The van der Waals surface area contributed by atoms with E-state index in [4.69, 9.17) is 9.47 Å². The van der Waals surface area contributed by atoms with Crippen molar-refractivity contribution in [3.05, 3.63) is 41.8 Å². The molecule has 29 heavy (non-hydrogen) atoms. The second kappa shape index (κ2) is 8.64. The largest absolute Gasteiger partial charge is 0.408 e. The molecule has 0 amide bonds. The van der Waals surface area contributed by atoms with E-state index in [1.807, 2.05) is 0 Å². The second-order valence-corrected chi connectivity index (χ2v) is 9.35. The minimum atomic E-state index is -3.84. The first kappa shape index (κ1) is 21.5. The lowest BCUT2D eigenvalue weighted by Gasteiger charge is -2.45. The van der Waals surface area contributed by atoms with Crippen LogP contribution < -0.4 is 0 Å². The van der Waals surface area contributed by atoms with Gasteiger partial charge in [0, 0.05) is 25.9 Å². The summed E-state index contributed by atoms with van der Waals surface area (Å²) < 4.78 is 36.8. The summed E-state index contributed by atoms with van der Waals surface area (Å²) in [5.74, 6) is -2.96. The zero-order valence-electron chi connectivity index (χ0n) is 16.1. The number of nitrogens with zero attached hydrogens (tertiary/aromatic N) is 1. The predicted octanol–water partition coefficient (Wildman–Crippen LogP) is 1.74. The van der Waals surface area contributed by atoms with Gasteiger partial charge in [0.1, 0.15) is 0 Å². The topological polar surface area (TPSA) is 110 Å². The molecule has 0 saturated carbocycles. The highest BCUT2D eigenvalue weighted by atomic mass is 32.2. The number of esters is 2. The van der Waals surface area contributed by atoms with Crippen molar-refractivity contribution in [3.63, 3.8) is 0 Å². The number of aliphatic hydroxyl groups is 1. The summed E-state index contributed by atoms with van der Waals surface area (Å²) in [6.07, 6.45) is 0.519. The number of likely N-dealkylation sites (tertiary alicyclic amines) is 1. The fourth-order valence-electron chi connectivity index (χ4n) is 3.50. The summed E-state index contributed by atoms with van der Waals surface area (Å²) >= 11 is 0. The molecular formula is C20H25NO7S. The maximum absolute atomic E-state index is 12.9. The molecule has 9 heteroatoms. The Bertz CT molecular complexity index is 861. The molecule has 0 radical (unpaired) electrons. The molecule has 2 aliphatic heterocycles. The molecule has 1 atom stereocenters. The number of benzene rings is 1. The molecule has 3 rings (SSSR count). The maximum Gasteiger partial charge on any atom is 0.323 e. The highest BCUT2D eigenvalue weighted by molar-refractivity contribution is 7.95. The normalized spacial score (nSPS) is 23.4. The van der Waals surface area contributed by atoms with E-state index in [0.29, 0.717) is 19.3 Å². The van der Waals surface area contributed by atoms with Crippen LogP contribution in [0.4, 0.5) is 0 Å². The van der Waals surface area contributed by atoms with Gasteiger partial charge in [0.2, 0.25) is 9.84 Å². The average Bonchev–Trinajstić information content (AvgIpc) is 2.74. The fraction of sp³-hybridized carbons (Fsp3) is 0.500. The van der Waals surface area contributed by atoms with Crippen LogP contribution in [0.3, 0.4) is 0 Å². The molecule has 1 unspecified atom stereocenters. The Balaban J connectivity index is 1.89. The molecule has 0 aromatic heterocycles. The van der Waals surface area contributed by atoms with E-state index in [2.05, 4.69) is 6.58 Å². The van der Waals surface area contributed by atoms with Gasteiger partial charge >= 0.3 is 17.8 Å². The van der Waals surface area contributed by atoms with Crippen LogP contribution in [0.25, 0.3) is 0 Å². The fourth-order valence-corrected chi connectivity index (χ4v) is 4.67. The van der Waals surface area contributed by atoms with Crippen LogP contribution in [0.5, 0.6) is 0 Å². The summed E-state index contributed by atoms with van der Waals surface area (Å²) in [5, 5.41) is 10.2. The molecule has 2 fully saturated rings. The van der Waals surface area contributed by atoms with Crippen LogP contribution in [-0.2, 0) is 28.9 Å². The third-order valence-electron chi connectivity index (χ3n) is 5.07. The smallest absolute Gasteiger partial charge is 0.323 e. The van der Waals surface area contributed by atoms with E-state index in [9.17, 15) is 23.1 Å². The van der Waals surface area contributed by atoms with Crippen molar-refractivity contribution in [2.24, 2.45) is 0 Å². The maximum atomic E-state index is 12.9. The zero-order chi connectivity index (χ0) is 21.1. The van der Waals surface area contributed by atoms with Gasteiger partial charge in [-0.3, -0.25) is 9.59 Å². The molecule has 2 heterocycles. The molecule has 0 aliphatic carbocycles. The SMILES string of the molecule is C=C(CN1CCC(O)CC12OC(=O)CCCCC(=O)O2)S(=O)(=O)c1ccccc1. The number of carbonyl (C=O) groups is 2. The molecule has 2 aliphatic rings. The number of sulfone groups is 1. The van der Waals surface area contributed by atoms with E-state index in [-0.39, 0.29) is 42.2 Å². The number of rotatable bonds is 4. The van der Waals surface area contributed by atoms with Gasteiger partial charge in [0.15, 0.2) is 0 Å². The van der Waals surface area contributed by atoms with Gasteiger partial charge in [0.05, 0.1) is 22.3 Å². The number of hydrogen-bond donors (Lipinski definition) is 1. The Morgan fingerprint density at radius 1 is 1.14 bits per heavy atom. The standard InChI is InChI=1S/C20H25NO7S/c1-15(29(25,26)17-7-3-2-4-8-17)14-21-12-11-16(22)13-20(21)27-18(23)9-5-6-10-19(24)28-20/h2-4,7-8,16,22H,1,5-6,9-14H2. The highest BCUT2D eigenvalue weighted by Crippen LogP contribution is 2.35. The van der Waals surface area contributed by atoms with Crippen LogP contribution in [0.1, 0.15) is 38.5 Å². The number of carbonyl (C=O) groups excluding carboxylic acids is 2. The lowest BCUT2D eigenvalue weighted by molar-refractivity contribution is -0.306. The number of piperidine rings is 1. The number of hydrogen-bond acceptors (Lipinski definition) is 8. The Morgan fingerprint density at radius 2 is 1.72 bits per heavy atom. The van der Waals surface area contributed by atoms with Crippen LogP contribution in [-0.4, -0.2) is 55.5 Å². The summed E-state index contributed by atoms with van der Waals surface area (Å²) in [5.41, 5.74) is 0. The Labute approximate surface area is 170 Å². The molecule has 8 nitrogen and oxygen atoms in total.